The minimum atomic E-state index is 0.107. The molecule has 5 aliphatic carbocycles. The summed E-state index contributed by atoms with van der Waals surface area (Å²) in [6.45, 7) is 0. The first-order chi connectivity index (χ1) is 25.2. The topological polar surface area (TPSA) is 38.7 Å². The highest BCUT2D eigenvalue weighted by atomic mass is 32.1. The van der Waals surface area contributed by atoms with Gasteiger partial charge >= 0.3 is 0 Å². The molecule has 5 aliphatic rings. The lowest BCUT2D eigenvalue weighted by Gasteiger charge is -2.61. The third kappa shape index (κ3) is 3.92. The highest BCUT2D eigenvalue weighted by molar-refractivity contribution is 7.25. The van der Waals surface area contributed by atoms with Crippen LogP contribution in [0, 0.1) is 23.7 Å². The van der Waals surface area contributed by atoms with E-state index in [-0.39, 0.29) is 5.41 Å². The first kappa shape index (κ1) is 28.5. The molecule has 2 heterocycles. The molecule has 244 valence electrons. The summed E-state index contributed by atoms with van der Waals surface area (Å²) in [4.78, 5) is 15.8. The van der Waals surface area contributed by atoms with Crippen molar-refractivity contribution >= 4 is 42.3 Å². The Hall–Kier alpha value is -5.19. The number of fused-ring (bicyclic) bond motifs is 8. The molecule has 4 fully saturated rings. The van der Waals surface area contributed by atoms with Gasteiger partial charge in [0.2, 0.25) is 0 Å². The van der Waals surface area contributed by atoms with Gasteiger partial charge in [-0.1, -0.05) is 109 Å². The van der Waals surface area contributed by atoms with E-state index in [1.165, 1.54) is 74.2 Å². The molecule has 0 saturated heterocycles. The molecule has 0 radical (unpaired) electrons. The molecule has 4 heteroatoms. The fourth-order valence-electron chi connectivity index (χ4n) is 11.4. The summed E-state index contributed by atoms with van der Waals surface area (Å²) in [7, 11) is 0. The van der Waals surface area contributed by atoms with Gasteiger partial charge in [-0.25, -0.2) is 15.0 Å². The summed E-state index contributed by atoms with van der Waals surface area (Å²) >= 11 is 1.83. The van der Waals surface area contributed by atoms with E-state index in [4.69, 9.17) is 15.0 Å². The van der Waals surface area contributed by atoms with Crippen LogP contribution < -0.4 is 0 Å². The van der Waals surface area contributed by atoms with Gasteiger partial charge in [-0.05, 0) is 107 Å². The monoisotopic (exact) mass is 673 g/mol. The number of hydrogen-bond donors (Lipinski definition) is 0. The smallest absolute Gasteiger partial charge is 0.164 e. The number of hydrogen-bond acceptors (Lipinski definition) is 4. The maximum Gasteiger partial charge on any atom is 0.164 e. The second kappa shape index (κ2) is 10.4. The molecule has 0 atom stereocenters. The molecule has 8 aromatic rings. The van der Waals surface area contributed by atoms with Gasteiger partial charge in [-0.2, -0.15) is 0 Å². The standard InChI is InChI=1S/C47H35N3S/c1-2-10-30(11-3-1)44-48-45(50-46(49-44)36-14-8-16-41-43(36)35-13-6-7-15-40(35)51-41)31-18-19-38-37(26-31)42-34-12-5-4-9-29(34)17-20-39(42)47(38)32-22-27-21-28(24-32)25-33(47)23-27/h1-20,26-28,32-33H,21-25H2. The average Bonchev–Trinajstić information content (AvgIpc) is 3.71. The number of aromatic nitrogens is 3. The Morgan fingerprint density at radius 1 is 0.490 bits per heavy atom. The maximum absolute atomic E-state index is 5.34. The Kier molecular flexibility index (Phi) is 5.83. The van der Waals surface area contributed by atoms with Crippen molar-refractivity contribution in [2.75, 3.05) is 0 Å². The Morgan fingerprint density at radius 3 is 1.98 bits per heavy atom. The van der Waals surface area contributed by atoms with Gasteiger partial charge in [0, 0.05) is 42.3 Å². The zero-order chi connectivity index (χ0) is 33.3. The predicted molar refractivity (Wildman–Crippen MR) is 210 cm³/mol. The molecular formula is C47H35N3S. The van der Waals surface area contributed by atoms with Gasteiger partial charge in [0.1, 0.15) is 0 Å². The molecular weight excluding hydrogens is 639 g/mol. The summed E-state index contributed by atoms with van der Waals surface area (Å²) in [5.41, 5.74) is 9.18. The lowest BCUT2D eigenvalue weighted by molar-refractivity contribution is -0.0399. The van der Waals surface area contributed by atoms with Gasteiger partial charge < -0.3 is 0 Å². The second-order valence-corrected chi connectivity index (χ2v) is 16.7. The quantitative estimate of drug-likeness (QED) is 0.187. The Balaban J connectivity index is 1.11. The molecule has 0 unspecified atom stereocenters. The van der Waals surface area contributed by atoms with E-state index in [1.54, 1.807) is 11.1 Å². The van der Waals surface area contributed by atoms with Crippen LogP contribution in [0.5, 0.6) is 0 Å². The van der Waals surface area contributed by atoms with E-state index in [0.29, 0.717) is 5.82 Å². The lowest BCUT2D eigenvalue weighted by atomic mass is 9.43. The van der Waals surface area contributed by atoms with Crippen molar-refractivity contribution in [2.24, 2.45) is 23.7 Å². The van der Waals surface area contributed by atoms with Crippen LogP contribution in [0.2, 0.25) is 0 Å². The Labute approximate surface area is 301 Å². The summed E-state index contributed by atoms with van der Waals surface area (Å²) in [5, 5.41) is 5.15. The van der Waals surface area contributed by atoms with Crippen molar-refractivity contribution in [3.8, 4) is 45.3 Å². The van der Waals surface area contributed by atoms with Crippen molar-refractivity contribution in [1.29, 1.82) is 0 Å². The molecule has 0 N–H and O–H groups in total. The molecule has 0 amide bonds. The molecule has 3 nitrogen and oxygen atoms in total. The van der Waals surface area contributed by atoms with E-state index in [0.717, 1.165) is 52.0 Å². The van der Waals surface area contributed by atoms with Crippen molar-refractivity contribution in [3.05, 3.63) is 139 Å². The van der Waals surface area contributed by atoms with E-state index in [1.807, 2.05) is 17.4 Å². The van der Waals surface area contributed by atoms with Crippen molar-refractivity contribution in [1.82, 2.24) is 15.0 Å². The number of benzene rings is 6. The minimum absolute atomic E-state index is 0.107. The molecule has 4 saturated carbocycles. The minimum Gasteiger partial charge on any atom is -0.208 e. The normalized spacial score (nSPS) is 24.2. The third-order valence-corrected chi connectivity index (χ3v) is 14.2. The van der Waals surface area contributed by atoms with Crippen LogP contribution in [-0.2, 0) is 5.41 Å². The largest absolute Gasteiger partial charge is 0.208 e. The molecule has 51 heavy (non-hydrogen) atoms. The zero-order valence-corrected chi connectivity index (χ0v) is 29.0. The van der Waals surface area contributed by atoms with Crippen LogP contribution in [0.3, 0.4) is 0 Å². The average molecular weight is 674 g/mol. The Morgan fingerprint density at radius 2 is 1.16 bits per heavy atom. The Bertz CT molecular complexity index is 2700. The molecule has 1 spiro atoms. The molecule has 6 aromatic carbocycles. The van der Waals surface area contributed by atoms with Crippen molar-refractivity contribution in [2.45, 2.75) is 37.5 Å². The lowest BCUT2D eigenvalue weighted by Crippen LogP contribution is -2.55. The summed E-state index contributed by atoms with van der Waals surface area (Å²) in [6.07, 6.45) is 6.96. The van der Waals surface area contributed by atoms with Gasteiger partial charge in [0.05, 0.1) is 0 Å². The third-order valence-electron chi connectivity index (χ3n) is 13.1. The predicted octanol–water partition coefficient (Wildman–Crippen LogP) is 12.1. The summed E-state index contributed by atoms with van der Waals surface area (Å²) < 4.78 is 2.53. The van der Waals surface area contributed by atoms with Crippen LogP contribution >= 0.6 is 11.3 Å². The van der Waals surface area contributed by atoms with Crippen LogP contribution in [0.15, 0.2) is 127 Å². The van der Waals surface area contributed by atoms with Gasteiger partial charge in [-0.3, -0.25) is 0 Å². The first-order valence-corrected chi connectivity index (χ1v) is 19.4. The van der Waals surface area contributed by atoms with Crippen LogP contribution in [-0.4, -0.2) is 15.0 Å². The highest BCUT2D eigenvalue weighted by Crippen LogP contribution is 2.70. The number of thiophene rings is 1. The van der Waals surface area contributed by atoms with E-state index in [9.17, 15) is 0 Å². The van der Waals surface area contributed by atoms with Crippen LogP contribution in [0.4, 0.5) is 0 Å². The van der Waals surface area contributed by atoms with Gasteiger partial charge in [0.15, 0.2) is 17.5 Å². The molecule has 4 bridgehead atoms. The van der Waals surface area contributed by atoms with E-state index in [2.05, 4.69) is 121 Å². The number of rotatable bonds is 3. The zero-order valence-electron chi connectivity index (χ0n) is 28.2. The highest BCUT2D eigenvalue weighted by Gasteiger charge is 2.61. The fourth-order valence-corrected chi connectivity index (χ4v) is 12.5. The second-order valence-electron chi connectivity index (χ2n) is 15.6. The summed E-state index contributed by atoms with van der Waals surface area (Å²) in [6, 6.07) is 46.8. The van der Waals surface area contributed by atoms with E-state index < -0.39 is 0 Å². The van der Waals surface area contributed by atoms with Crippen molar-refractivity contribution < 1.29 is 0 Å². The number of nitrogens with zero attached hydrogens (tertiary/aromatic N) is 3. The van der Waals surface area contributed by atoms with Crippen LogP contribution in [0.25, 0.3) is 76.2 Å². The maximum atomic E-state index is 5.34. The molecule has 2 aromatic heterocycles. The SMILES string of the molecule is c1ccc(-c2nc(-c3ccc4c(c3)-c3c(ccc5ccccc35)C43C4CC5CC(C4)CC3C5)nc(-c3cccc4sc5ccccc5c34)n2)cc1. The van der Waals surface area contributed by atoms with Crippen LogP contribution in [0.1, 0.15) is 43.2 Å². The van der Waals surface area contributed by atoms with Gasteiger partial charge in [-0.15, -0.1) is 11.3 Å². The summed E-state index contributed by atoms with van der Waals surface area (Å²) in [5.74, 6) is 5.41. The molecule has 13 rings (SSSR count). The van der Waals surface area contributed by atoms with Crippen molar-refractivity contribution in [3.63, 3.8) is 0 Å². The first-order valence-electron chi connectivity index (χ1n) is 18.6. The molecule has 0 aliphatic heterocycles. The van der Waals surface area contributed by atoms with E-state index >= 15 is 0 Å². The fraction of sp³-hybridized carbons (Fsp3) is 0.213. The van der Waals surface area contributed by atoms with Gasteiger partial charge in [0.25, 0.3) is 0 Å².